The molecule has 3 heterocycles. The van der Waals surface area contributed by atoms with Gasteiger partial charge in [0.05, 0.1) is 5.69 Å². The third-order valence-electron chi connectivity index (χ3n) is 4.90. The van der Waals surface area contributed by atoms with Crippen molar-refractivity contribution in [3.63, 3.8) is 0 Å². The second kappa shape index (κ2) is 7.23. The number of hydrogen-bond donors (Lipinski definition) is 1. The van der Waals surface area contributed by atoms with E-state index in [0.717, 1.165) is 21.3 Å². The molecule has 0 aliphatic carbocycles. The topological polar surface area (TPSA) is 92.3 Å². The lowest BCUT2D eigenvalue weighted by atomic mass is 10.1. The van der Waals surface area contributed by atoms with Crippen molar-refractivity contribution in [2.75, 3.05) is 11.9 Å². The Morgan fingerprint density at radius 3 is 2.61 bits per heavy atom. The first-order valence-electron chi connectivity index (χ1n) is 8.99. The molecule has 1 N–H and O–H groups in total. The molecule has 2 aromatic heterocycles. The predicted molar refractivity (Wildman–Crippen MR) is 109 cm³/mol. The third-order valence-corrected chi connectivity index (χ3v) is 8.27. The number of sulfonamides is 1. The van der Waals surface area contributed by atoms with Crippen molar-refractivity contribution in [2.24, 2.45) is 0 Å². The first kappa shape index (κ1) is 19.0. The van der Waals surface area contributed by atoms with Crippen LogP contribution in [0.25, 0.3) is 10.8 Å². The first-order valence-corrected chi connectivity index (χ1v) is 11.2. The van der Waals surface area contributed by atoms with E-state index in [-0.39, 0.29) is 10.1 Å². The lowest BCUT2D eigenvalue weighted by Gasteiger charge is -2.22. The smallest absolute Gasteiger partial charge is 0.253 e. The van der Waals surface area contributed by atoms with Crippen LogP contribution in [0.15, 0.2) is 40.6 Å². The highest BCUT2D eigenvalue weighted by Gasteiger charge is 2.40. The summed E-state index contributed by atoms with van der Waals surface area (Å²) >= 11 is 1.22. The molecular formula is C19H20N4O3S2. The normalized spacial score (nSPS) is 17.9. The number of nitrogens with one attached hydrogen (secondary N) is 1. The molecule has 1 aromatic carbocycles. The van der Waals surface area contributed by atoms with Gasteiger partial charge < -0.3 is 5.32 Å². The predicted octanol–water partition coefficient (Wildman–Crippen LogP) is 3.10. The highest BCUT2D eigenvalue weighted by Crippen LogP contribution is 2.31. The molecule has 0 bridgehead atoms. The number of rotatable bonds is 4. The standard InChI is InChI=1S/C19H20N4O3S2/c1-12-9-10-17(27-12)28(25,26)23-11-5-8-16(23)19(24)20-18-15-7-4-3-6-14(15)13(2)21-22-18/h3-4,6-7,9-10,16H,5,8,11H2,1-2H3,(H,20,22,24)/t16-/m0/s1. The number of anilines is 1. The molecule has 4 rings (SSSR count). The number of fused-ring (bicyclic) bond motifs is 1. The van der Waals surface area contributed by atoms with Crippen molar-refractivity contribution in [3.05, 3.63) is 47.0 Å². The van der Waals surface area contributed by atoms with Crippen molar-refractivity contribution in [1.82, 2.24) is 14.5 Å². The van der Waals surface area contributed by atoms with Gasteiger partial charge in [0.25, 0.3) is 10.0 Å². The van der Waals surface area contributed by atoms with E-state index in [0.29, 0.717) is 25.2 Å². The molecule has 3 aromatic rings. The summed E-state index contributed by atoms with van der Waals surface area (Å²) in [5, 5.41) is 12.7. The molecule has 0 unspecified atom stereocenters. The maximum Gasteiger partial charge on any atom is 0.253 e. The summed E-state index contributed by atoms with van der Waals surface area (Å²) in [5.41, 5.74) is 0.770. The molecule has 146 valence electrons. The van der Waals surface area contributed by atoms with Crippen molar-refractivity contribution < 1.29 is 13.2 Å². The summed E-state index contributed by atoms with van der Waals surface area (Å²) in [6.07, 6.45) is 1.12. The molecule has 1 fully saturated rings. The van der Waals surface area contributed by atoms with Crippen molar-refractivity contribution in [1.29, 1.82) is 0 Å². The van der Waals surface area contributed by atoms with E-state index < -0.39 is 16.1 Å². The molecule has 1 amide bonds. The van der Waals surface area contributed by atoms with Gasteiger partial charge in [-0.15, -0.1) is 16.4 Å². The van der Waals surface area contributed by atoms with Gasteiger partial charge in [-0.3, -0.25) is 4.79 Å². The highest BCUT2D eigenvalue weighted by atomic mass is 32.2. The lowest BCUT2D eigenvalue weighted by Crippen LogP contribution is -2.43. The van der Waals surface area contributed by atoms with E-state index >= 15 is 0 Å². The molecule has 1 saturated heterocycles. The summed E-state index contributed by atoms with van der Waals surface area (Å²) in [6.45, 7) is 4.05. The van der Waals surface area contributed by atoms with Crippen LogP contribution in [0, 0.1) is 13.8 Å². The minimum Gasteiger partial charge on any atom is -0.307 e. The van der Waals surface area contributed by atoms with Gasteiger partial charge in [-0.25, -0.2) is 8.42 Å². The largest absolute Gasteiger partial charge is 0.307 e. The summed E-state index contributed by atoms with van der Waals surface area (Å²) < 4.78 is 27.6. The number of carbonyl (C=O) groups excluding carboxylic acids is 1. The Morgan fingerprint density at radius 1 is 1.14 bits per heavy atom. The van der Waals surface area contributed by atoms with Crippen LogP contribution in [0.3, 0.4) is 0 Å². The molecule has 0 radical (unpaired) electrons. The van der Waals surface area contributed by atoms with Gasteiger partial charge in [-0.2, -0.15) is 9.40 Å². The van der Waals surface area contributed by atoms with Crippen molar-refractivity contribution >= 4 is 43.9 Å². The van der Waals surface area contributed by atoms with E-state index in [2.05, 4.69) is 15.5 Å². The van der Waals surface area contributed by atoms with E-state index in [4.69, 9.17) is 0 Å². The highest BCUT2D eigenvalue weighted by molar-refractivity contribution is 7.91. The molecular weight excluding hydrogens is 396 g/mol. The number of aromatic nitrogens is 2. The van der Waals surface area contributed by atoms with E-state index in [1.807, 2.05) is 38.1 Å². The van der Waals surface area contributed by atoms with E-state index in [9.17, 15) is 13.2 Å². The zero-order chi connectivity index (χ0) is 19.9. The number of aryl methyl sites for hydroxylation is 2. The summed E-state index contributed by atoms with van der Waals surface area (Å²) in [5.74, 6) is -0.0277. The number of thiophene rings is 1. The maximum absolute atomic E-state index is 13.0. The molecule has 1 atom stereocenters. The summed E-state index contributed by atoms with van der Waals surface area (Å²) in [6, 6.07) is 10.2. The number of amides is 1. The molecule has 7 nitrogen and oxygen atoms in total. The summed E-state index contributed by atoms with van der Waals surface area (Å²) in [7, 11) is -3.70. The quantitative estimate of drug-likeness (QED) is 0.706. The Labute approximate surface area is 167 Å². The van der Waals surface area contributed by atoms with Crippen LogP contribution >= 0.6 is 11.3 Å². The molecule has 1 aliphatic rings. The van der Waals surface area contributed by atoms with Gasteiger partial charge in [0.15, 0.2) is 5.82 Å². The first-order chi connectivity index (χ1) is 13.4. The van der Waals surface area contributed by atoms with Gasteiger partial charge in [0, 0.05) is 22.2 Å². The fraction of sp³-hybridized carbons (Fsp3) is 0.316. The zero-order valence-electron chi connectivity index (χ0n) is 15.5. The minimum absolute atomic E-state index is 0.269. The van der Waals surface area contributed by atoms with Crippen LogP contribution < -0.4 is 5.32 Å². The van der Waals surface area contributed by atoms with Crippen molar-refractivity contribution in [3.8, 4) is 0 Å². The molecule has 0 spiro atoms. The Bertz CT molecular complexity index is 1160. The number of carbonyl (C=O) groups is 1. The molecule has 9 heteroatoms. The molecule has 0 saturated carbocycles. The Kier molecular flexibility index (Phi) is 4.90. The van der Waals surface area contributed by atoms with Gasteiger partial charge >= 0.3 is 0 Å². The number of hydrogen-bond acceptors (Lipinski definition) is 6. The fourth-order valence-electron chi connectivity index (χ4n) is 3.49. The van der Waals surface area contributed by atoms with Crippen LogP contribution in [-0.2, 0) is 14.8 Å². The Morgan fingerprint density at radius 2 is 1.89 bits per heavy atom. The van der Waals surface area contributed by atoms with Crippen LogP contribution in [0.2, 0.25) is 0 Å². The van der Waals surface area contributed by atoms with Gasteiger partial charge in [-0.1, -0.05) is 24.3 Å². The lowest BCUT2D eigenvalue weighted by molar-refractivity contribution is -0.119. The van der Waals surface area contributed by atoms with Gasteiger partial charge in [0.1, 0.15) is 10.3 Å². The molecule has 1 aliphatic heterocycles. The van der Waals surface area contributed by atoms with Gasteiger partial charge in [-0.05, 0) is 38.8 Å². The second-order valence-electron chi connectivity index (χ2n) is 6.81. The maximum atomic E-state index is 13.0. The minimum atomic E-state index is -3.70. The average Bonchev–Trinajstić information content (AvgIpc) is 3.34. The Hall–Kier alpha value is -2.36. The molecule has 28 heavy (non-hydrogen) atoms. The fourth-order valence-corrected chi connectivity index (χ4v) is 6.56. The van der Waals surface area contributed by atoms with E-state index in [1.165, 1.54) is 15.6 Å². The second-order valence-corrected chi connectivity index (χ2v) is 10.2. The average molecular weight is 417 g/mol. The number of benzene rings is 1. The SMILES string of the molecule is Cc1ccc(S(=O)(=O)N2CCC[C@H]2C(=O)Nc2nnc(C)c3ccccc23)s1. The third kappa shape index (κ3) is 3.30. The van der Waals surface area contributed by atoms with Crippen LogP contribution in [-0.4, -0.2) is 41.4 Å². The van der Waals surface area contributed by atoms with Crippen LogP contribution in [0.5, 0.6) is 0 Å². The summed E-state index contributed by atoms with van der Waals surface area (Å²) in [4.78, 5) is 13.9. The Balaban J connectivity index is 1.62. The van der Waals surface area contributed by atoms with Crippen LogP contribution in [0.4, 0.5) is 5.82 Å². The zero-order valence-corrected chi connectivity index (χ0v) is 17.2. The van der Waals surface area contributed by atoms with E-state index in [1.54, 1.807) is 12.1 Å². The van der Waals surface area contributed by atoms with Gasteiger partial charge in [0.2, 0.25) is 5.91 Å². The number of nitrogens with zero attached hydrogens (tertiary/aromatic N) is 3. The van der Waals surface area contributed by atoms with Crippen LogP contribution in [0.1, 0.15) is 23.4 Å². The van der Waals surface area contributed by atoms with Crippen molar-refractivity contribution in [2.45, 2.75) is 36.9 Å². The monoisotopic (exact) mass is 416 g/mol.